The van der Waals surface area contributed by atoms with Crippen LogP contribution in [0.25, 0.3) is 0 Å². The SMILES string of the molecule is CC1CCC(CO)CN1Cc1ccc(Cl)c(F)c1. The van der Waals surface area contributed by atoms with E-state index in [0.717, 1.165) is 24.9 Å². The number of hydrogen-bond donors (Lipinski definition) is 1. The van der Waals surface area contributed by atoms with Gasteiger partial charge in [0.05, 0.1) is 5.02 Å². The third-order valence-corrected chi connectivity index (χ3v) is 4.04. The van der Waals surface area contributed by atoms with Crippen molar-refractivity contribution in [2.24, 2.45) is 5.92 Å². The largest absolute Gasteiger partial charge is 0.396 e. The summed E-state index contributed by atoms with van der Waals surface area (Å²) >= 11 is 5.68. The topological polar surface area (TPSA) is 23.5 Å². The van der Waals surface area contributed by atoms with Crippen molar-refractivity contribution >= 4 is 11.6 Å². The van der Waals surface area contributed by atoms with Gasteiger partial charge in [-0.15, -0.1) is 0 Å². The van der Waals surface area contributed by atoms with E-state index in [9.17, 15) is 9.50 Å². The van der Waals surface area contributed by atoms with Crippen LogP contribution in [0.5, 0.6) is 0 Å². The second-order valence-electron chi connectivity index (χ2n) is 5.15. The number of hydrogen-bond acceptors (Lipinski definition) is 2. The number of benzene rings is 1. The molecule has 1 fully saturated rings. The first-order valence-corrected chi connectivity index (χ1v) is 6.76. The Morgan fingerprint density at radius 1 is 1.44 bits per heavy atom. The number of aliphatic hydroxyl groups is 1. The number of aliphatic hydroxyl groups excluding tert-OH is 1. The minimum absolute atomic E-state index is 0.165. The van der Waals surface area contributed by atoms with Gasteiger partial charge in [0.2, 0.25) is 0 Å². The lowest BCUT2D eigenvalue weighted by Crippen LogP contribution is -2.42. The van der Waals surface area contributed by atoms with Gasteiger partial charge in [0.1, 0.15) is 5.82 Å². The van der Waals surface area contributed by atoms with E-state index in [2.05, 4.69) is 11.8 Å². The van der Waals surface area contributed by atoms with E-state index in [1.54, 1.807) is 6.07 Å². The van der Waals surface area contributed by atoms with Gasteiger partial charge >= 0.3 is 0 Å². The summed E-state index contributed by atoms with van der Waals surface area (Å²) in [4.78, 5) is 2.30. The lowest BCUT2D eigenvalue weighted by atomic mass is 9.93. The van der Waals surface area contributed by atoms with Crippen molar-refractivity contribution < 1.29 is 9.50 Å². The summed E-state index contributed by atoms with van der Waals surface area (Å²) in [6.45, 7) is 4.01. The van der Waals surface area contributed by atoms with Gasteiger partial charge in [-0.25, -0.2) is 4.39 Å². The molecule has 1 saturated heterocycles. The molecule has 2 rings (SSSR count). The van der Waals surface area contributed by atoms with Gasteiger partial charge in [-0.3, -0.25) is 4.90 Å². The van der Waals surface area contributed by atoms with Crippen LogP contribution in [0.2, 0.25) is 5.02 Å². The van der Waals surface area contributed by atoms with E-state index in [-0.39, 0.29) is 17.4 Å². The van der Waals surface area contributed by atoms with Gasteiger partial charge in [-0.1, -0.05) is 17.7 Å². The van der Waals surface area contributed by atoms with E-state index in [1.807, 2.05) is 6.07 Å². The molecular weight excluding hydrogens is 253 g/mol. The van der Waals surface area contributed by atoms with Crippen LogP contribution in [0.4, 0.5) is 4.39 Å². The Morgan fingerprint density at radius 2 is 2.22 bits per heavy atom. The molecule has 0 bridgehead atoms. The minimum Gasteiger partial charge on any atom is -0.396 e. The number of rotatable bonds is 3. The monoisotopic (exact) mass is 271 g/mol. The van der Waals surface area contributed by atoms with Crippen LogP contribution in [0, 0.1) is 11.7 Å². The average Bonchev–Trinajstić information content (AvgIpc) is 2.36. The highest BCUT2D eigenvalue weighted by atomic mass is 35.5. The molecule has 0 saturated carbocycles. The molecule has 0 aliphatic carbocycles. The summed E-state index contributed by atoms with van der Waals surface area (Å²) in [7, 11) is 0. The van der Waals surface area contributed by atoms with Crippen molar-refractivity contribution in [3.8, 4) is 0 Å². The summed E-state index contributed by atoms with van der Waals surface area (Å²) in [5.74, 6) is -0.0177. The predicted octanol–water partition coefficient (Wildman–Crippen LogP) is 3.07. The number of halogens is 2. The first-order chi connectivity index (χ1) is 8.60. The number of nitrogens with zero attached hydrogens (tertiary/aromatic N) is 1. The molecule has 4 heteroatoms. The van der Waals surface area contributed by atoms with E-state index in [1.165, 1.54) is 6.07 Å². The van der Waals surface area contributed by atoms with Gasteiger partial charge < -0.3 is 5.11 Å². The molecule has 0 radical (unpaired) electrons. The zero-order chi connectivity index (χ0) is 13.1. The molecular formula is C14H19ClFNO. The van der Waals surface area contributed by atoms with E-state index in [0.29, 0.717) is 18.5 Å². The highest BCUT2D eigenvalue weighted by Gasteiger charge is 2.24. The van der Waals surface area contributed by atoms with Crippen LogP contribution >= 0.6 is 11.6 Å². The molecule has 1 N–H and O–H groups in total. The lowest BCUT2D eigenvalue weighted by Gasteiger charge is -2.37. The maximum absolute atomic E-state index is 13.4. The maximum atomic E-state index is 13.4. The first-order valence-electron chi connectivity index (χ1n) is 6.39. The summed E-state index contributed by atoms with van der Waals surface area (Å²) in [5.41, 5.74) is 0.933. The Morgan fingerprint density at radius 3 is 2.89 bits per heavy atom. The Kier molecular flexibility index (Phi) is 4.60. The second kappa shape index (κ2) is 6.00. The molecule has 2 nitrogen and oxygen atoms in total. The predicted molar refractivity (Wildman–Crippen MR) is 71.1 cm³/mol. The van der Waals surface area contributed by atoms with Gasteiger partial charge in [-0.2, -0.15) is 0 Å². The van der Waals surface area contributed by atoms with E-state index < -0.39 is 0 Å². The van der Waals surface area contributed by atoms with Crippen molar-refractivity contribution in [1.29, 1.82) is 0 Å². The van der Waals surface area contributed by atoms with Crippen molar-refractivity contribution in [2.75, 3.05) is 13.2 Å². The Labute approximate surface area is 112 Å². The molecule has 0 spiro atoms. The molecule has 0 amide bonds. The normalized spacial score (nSPS) is 25.3. The van der Waals surface area contributed by atoms with Crippen LogP contribution in [0.1, 0.15) is 25.3 Å². The van der Waals surface area contributed by atoms with Crippen molar-refractivity contribution in [3.63, 3.8) is 0 Å². The highest BCUT2D eigenvalue weighted by Crippen LogP contribution is 2.24. The third kappa shape index (κ3) is 3.22. The minimum atomic E-state index is -0.363. The molecule has 1 heterocycles. The molecule has 1 aliphatic heterocycles. The third-order valence-electron chi connectivity index (χ3n) is 3.74. The summed E-state index contributed by atoms with van der Waals surface area (Å²) in [6, 6.07) is 5.44. The molecule has 1 aliphatic rings. The van der Waals surface area contributed by atoms with Gasteiger partial charge in [0.25, 0.3) is 0 Å². The Balaban J connectivity index is 2.04. The van der Waals surface area contributed by atoms with Crippen LogP contribution in [0.3, 0.4) is 0 Å². The second-order valence-corrected chi connectivity index (χ2v) is 5.56. The maximum Gasteiger partial charge on any atom is 0.142 e. The smallest absolute Gasteiger partial charge is 0.142 e. The highest BCUT2D eigenvalue weighted by molar-refractivity contribution is 6.30. The van der Waals surface area contributed by atoms with Crippen molar-refractivity contribution in [2.45, 2.75) is 32.4 Å². The summed E-state index contributed by atoms with van der Waals surface area (Å²) in [6.07, 6.45) is 2.16. The molecule has 2 unspecified atom stereocenters. The quantitative estimate of drug-likeness (QED) is 0.913. The van der Waals surface area contributed by atoms with Crippen LogP contribution in [-0.2, 0) is 6.54 Å². The zero-order valence-electron chi connectivity index (χ0n) is 10.6. The summed E-state index contributed by atoms with van der Waals surface area (Å²) in [5, 5.41) is 9.40. The number of likely N-dealkylation sites (tertiary alicyclic amines) is 1. The number of piperidine rings is 1. The summed E-state index contributed by atoms with van der Waals surface area (Å²) < 4.78 is 13.4. The molecule has 18 heavy (non-hydrogen) atoms. The van der Waals surface area contributed by atoms with Gasteiger partial charge in [-0.05, 0) is 43.4 Å². The fraction of sp³-hybridized carbons (Fsp3) is 0.571. The lowest BCUT2D eigenvalue weighted by molar-refractivity contribution is 0.0771. The standard InChI is InChI=1S/C14H19ClFNO/c1-10-2-3-12(9-18)8-17(10)7-11-4-5-13(15)14(16)6-11/h4-6,10,12,18H,2-3,7-9H2,1H3. The fourth-order valence-electron chi connectivity index (χ4n) is 2.50. The average molecular weight is 272 g/mol. The Hall–Kier alpha value is -0.640. The van der Waals surface area contributed by atoms with E-state index >= 15 is 0 Å². The van der Waals surface area contributed by atoms with Crippen LogP contribution < -0.4 is 0 Å². The van der Waals surface area contributed by atoms with Crippen molar-refractivity contribution in [1.82, 2.24) is 4.90 Å². The molecule has 1 aromatic rings. The van der Waals surface area contributed by atoms with Gasteiger partial charge in [0, 0.05) is 25.7 Å². The van der Waals surface area contributed by atoms with Crippen LogP contribution in [-0.4, -0.2) is 29.2 Å². The molecule has 100 valence electrons. The van der Waals surface area contributed by atoms with E-state index in [4.69, 9.17) is 11.6 Å². The Bertz CT molecular complexity index is 413. The fourth-order valence-corrected chi connectivity index (χ4v) is 2.62. The van der Waals surface area contributed by atoms with Crippen molar-refractivity contribution in [3.05, 3.63) is 34.6 Å². The molecule has 2 atom stereocenters. The van der Waals surface area contributed by atoms with Gasteiger partial charge in [0.15, 0.2) is 0 Å². The molecule has 1 aromatic carbocycles. The first kappa shape index (κ1) is 13.8. The van der Waals surface area contributed by atoms with Crippen LogP contribution in [0.15, 0.2) is 18.2 Å². The molecule has 0 aromatic heterocycles. The zero-order valence-corrected chi connectivity index (χ0v) is 11.3.